The van der Waals surface area contributed by atoms with E-state index < -0.39 is 0 Å². The lowest BCUT2D eigenvalue weighted by Gasteiger charge is -2.20. The molecular formula is C7H17NO. The topological polar surface area (TPSA) is 32.3 Å². The van der Waals surface area contributed by atoms with Gasteiger partial charge < -0.3 is 10.4 Å². The summed E-state index contributed by atoms with van der Waals surface area (Å²) >= 11 is 0. The van der Waals surface area contributed by atoms with Gasteiger partial charge in [-0.1, -0.05) is 13.8 Å². The Bertz CT molecular complexity index is 59.9. The van der Waals surface area contributed by atoms with Gasteiger partial charge in [-0.05, 0) is 19.4 Å². The predicted molar refractivity (Wildman–Crippen MR) is 39.5 cm³/mol. The maximum Gasteiger partial charge on any atom is 0.0584 e. The average molecular weight is 131 g/mol. The van der Waals surface area contributed by atoms with Gasteiger partial charge in [0.15, 0.2) is 0 Å². The van der Waals surface area contributed by atoms with E-state index in [1.807, 2.05) is 0 Å². The molecule has 0 amide bonds. The minimum Gasteiger partial charge on any atom is -0.395 e. The lowest BCUT2D eigenvalue weighted by Crippen LogP contribution is -2.36. The van der Waals surface area contributed by atoms with E-state index in [1.54, 1.807) is 0 Å². The zero-order valence-corrected chi connectivity index (χ0v) is 5.06. The van der Waals surface area contributed by atoms with Crippen molar-refractivity contribution in [2.45, 2.75) is 32.7 Å². The molecule has 1 fully saturated rings. The highest BCUT2D eigenvalue weighted by atomic mass is 16.3. The van der Waals surface area contributed by atoms with Crippen LogP contribution in [0.4, 0.5) is 0 Å². The SMILES string of the molecule is C.OCC1CCCCN1. The summed E-state index contributed by atoms with van der Waals surface area (Å²) in [6.45, 7) is 1.39. The molecule has 0 bridgehead atoms. The summed E-state index contributed by atoms with van der Waals surface area (Å²) in [6.07, 6.45) is 3.70. The molecule has 0 aromatic carbocycles. The van der Waals surface area contributed by atoms with Crippen LogP contribution in [0, 0.1) is 0 Å². The molecule has 1 rings (SSSR count). The van der Waals surface area contributed by atoms with Crippen molar-refractivity contribution in [3.8, 4) is 0 Å². The molecule has 0 aliphatic carbocycles. The molecule has 1 unspecified atom stereocenters. The van der Waals surface area contributed by atoms with Gasteiger partial charge in [0, 0.05) is 6.04 Å². The summed E-state index contributed by atoms with van der Waals surface area (Å²) in [5, 5.41) is 11.8. The van der Waals surface area contributed by atoms with E-state index in [-0.39, 0.29) is 7.43 Å². The Balaban J connectivity index is 0.000000640. The Hall–Kier alpha value is -0.0800. The van der Waals surface area contributed by atoms with Crippen molar-refractivity contribution >= 4 is 0 Å². The van der Waals surface area contributed by atoms with Crippen LogP contribution >= 0.6 is 0 Å². The Labute approximate surface area is 57.3 Å². The highest BCUT2D eigenvalue weighted by Gasteiger charge is 2.09. The van der Waals surface area contributed by atoms with Crippen molar-refractivity contribution in [2.24, 2.45) is 0 Å². The summed E-state index contributed by atoms with van der Waals surface area (Å²) in [7, 11) is 0. The molecule has 0 spiro atoms. The Morgan fingerprint density at radius 1 is 1.44 bits per heavy atom. The van der Waals surface area contributed by atoms with Crippen LogP contribution in [0.3, 0.4) is 0 Å². The van der Waals surface area contributed by atoms with Crippen LogP contribution in [0.15, 0.2) is 0 Å². The molecule has 1 saturated heterocycles. The van der Waals surface area contributed by atoms with Crippen molar-refractivity contribution in [3.63, 3.8) is 0 Å². The quantitative estimate of drug-likeness (QED) is 0.550. The van der Waals surface area contributed by atoms with E-state index in [1.165, 1.54) is 12.8 Å². The number of aliphatic hydroxyl groups is 1. The third-order valence-corrected chi connectivity index (χ3v) is 1.63. The van der Waals surface area contributed by atoms with Gasteiger partial charge in [-0.15, -0.1) is 0 Å². The van der Waals surface area contributed by atoms with E-state index in [2.05, 4.69) is 5.32 Å². The van der Waals surface area contributed by atoms with Crippen LogP contribution in [-0.2, 0) is 0 Å². The number of rotatable bonds is 1. The average Bonchev–Trinajstić information content (AvgIpc) is 1.90. The van der Waals surface area contributed by atoms with E-state index in [4.69, 9.17) is 5.11 Å². The number of hydrogen-bond donors (Lipinski definition) is 2. The molecule has 0 aromatic rings. The van der Waals surface area contributed by atoms with Crippen LogP contribution in [0.5, 0.6) is 0 Å². The monoisotopic (exact) mass is 131 g/mol. The van der Waals surface area contributed by atoms with E-state index >= 15 is 0 Å². The highest BCUT2D eigenvalue weighted by molar-refractivity contribution is 4.69. The molecule has 1 aliphatic heterocycles. The van der Waals surface area contributed by atoms with Crippen LogP contribution in [0.2, 0.25) is 0 Å². The van der Waals surface area contributed by atoms with Gasteiger partial charge in [0.2, 0.25) is 0 Å². The number of piperidine rings is 1. The molecule has 0 saturated carbocycles. The van der Waals surface area contributed by atoms with Crippen molar-refractivity contribution in [1.82, 2.24) is 5.32 Å². The van der Waals surface area contributed by atoms with Gasteiger partial charge in [-0.2, -0.15) is 0 Å². The summed E-state index contributed by atoms with van der Waals surface area (Å²) in [5.74, 6) is 0. The molecule has 0 radical (unpaired) electrons. The van der Waals surface area contributed by atoms with Crippen molar-refractivity contribution < 1.29 is 5.11 Å². The molecule has 2 heteroatoms. The minimum atomic E-state index is 0. The third kappa shape index (κ3) is 2.82. The molecule has 0 aromatic heterocycles. The first kappa shape index (κ1) is 8.92. The minimum absolute atomic E-state index is 0. The van der Waals surface area contributed by atoms with Crippen LogP contribution in [0.25, 0.3) is 0 Å². The summed E-state index contributed by atoms with van der Waals surface area (Å²) in [4.78, 5) is 0. The molecule has 56 valence electrons. The zero-order chi connectivity index (χ0) is 5.82. The fourth-order valence-corrected chi connectivity index (χ4v) is 1.08. The van der Waals surface area contributed by atoms with Crippen molar-refractivity contribution in [3.05, 3.63) is 0 Å². The number of nitrogens with one attached hydrogen (secondary N) is 1. The van der Waals surface area contributed by atoms with Gasteiger partial charge in [0.1, 0.15) is 0 Å². The van der Waals surface area contributed by atoms with E-state index in [0.717, 1.165) is 13.0 Å². The fraction of sp³-hybridized carbons (Fsp3) is 1.00. The number of hydrogen-bond acceptors (Lipinski definition) is 2. The van der Waals surface area contributed by atoms with Crippen LogP contribution in [-0.4, -0.2) is 24.3 Å². The largest absolute Gasteiger partial charge is 0.395 e. The normalized spacial score (nSPS) is 27.0. The Kier molecular flexibility index (Phi) is 4.72. The van der Waals surface area contributed by atoms with Crippen LogP contribution in [0.1, 0.15) is 26.7 Å². The maximum absolute atomic E-state index is 8.63. The summed E-state index contributed by atoms with van der Waals surface area (Å²) < 4.78 is 0. The lowest BCUT2D eigenvalue weighted by atomic mass is 10.1. The van der Waals surface area contributed by atoms with Gasteiger partial charge in [0.05, 0.1) is 6.61 Å². The summed E-state index contributed by atoms with van der Waals surface area (Å²) in [5.41, 5.74) is 0. The first-order valence-electron chi connectivity index (χ1n) is 3.27. The second-order valence-corrected chi connectivity index (χ2v) is 2.33. The van der Waals surface area contributed by atoms with Gasteiger partial charge in [-0.25, -0.2) is 0 Å². The third-order valence-electron chi connectivity index (χ3n) is 1.63. The highest BCUT2D eigenvalue weighted by Crippen LogP contribution is 2.04. The molecular weight excluding hydrogens is 114 g/mol. The second kappa shape index (κ2) is 4.77. The molecule has 1 heterocycles. The summed E-state index contributed by atoms with van der Waals surface area (Å²) in [6, 6.07) is 0.392. The molecule has 1 atom stereocenters. The molecule has 1 aliphatic rings. The smallest absolute Gasteiger partial charge is 0.0584 e. The standard InChI is InChI=1S/C6H13NO.CH4/c8-5-6-3-1-2-4-7-6;/h6-8H,1-5H2;1H4. The first-order chi connectivity index (χ1) is 3.93. The zero-order valence-electron chi connectivity index (χ0n) is 5.06. The van der Waals surface area contributed by atoms with E-state index in [9.17, 15) is 0 Å². The van der Waals surface area contributed by atoms with Crippen LogP contribution < -0.4 is 5.32 Å². The van der Waals surface area contributed by atoms with E-state index in [0.29, 0.717) is 12.6 Å². The molecule has 9 heavy (non-hydrogen) atoms. The van der Waals surface area contributed by atoms with Gasteiger partial charge >= 0.3 is 0 Å². The van der Waals surface area contributed by atoms with Gasteiger partial charge in [-0.3, -0.25) is 0 Å². The first-order valence-corrected chi connectivity index (χ1v) is 3.27. The Morgan fingerprint density at radius 2 is 2.22 bits per heavy atom. The second-order valence-electron chi connectivity index (χ2n) is 2.33. The van der Waals surface area contributed by atoms with Gasteiger partial charge in [0.25, 0.3) is 0 Å². The van der Waals surface area contributed by atoms with Crippen molar-refractivity contribution in [1.29, 1.82) is 0 Å². The maximum atomic E-state index is 8.63. The molecule has 2 N–H and O–H groups in total. The fourth-order valence-electron chi connectivity index (χ4n) is 1.08. The Morgan fingerprint density at radius 3 is 2.56 bits per heavy atom. The predicted octanol–water partition coefficient (Wildman–Crippen LogP) is 0.757. The lowest BCUT2D eigenvalue weighted by molar-refractivity contribution is 0.220. The van der Waals surface area contributed by atoms with Crippen molar-refractivity contribution in [2.75, 3.05) is 13.2 Å². The molecule has 2 nitrogen and oxygen atoms in total. The number of aliphatic hydroxyl groups excluding tert-OH is 1.